The van der Waals surface area contributed by atoms with Crippen molar-refractivity contribution in [3.63, 3.8) is 0 Å². The van der Waals surface area contributed by atoms with Gasteiger partial charge < -0.3 is 16.4 Å². The summed E-state index contributed by atoms with van der Waals surface area (Å²) in [6.07, 6.45) is 0.861. The predicted molar refractivity (Wildman–Crippen MR) is 83.0 cm³/mol. The lowest BCUT2D eigenvalue weighted by atomic mass is 10.1. The van der Waals surface area contributed by atoms with Crippen LogP contribution in [-0.2, 0) is 0 Å². The number of anilines is 1. The molecule has 0 saturated carbocycles. The Bertz CT molecular complexity index is 471. The summed E-state index contributed by atoms with van der Waals surface area (Å²) in [6, 6.07) is 1.89. The molecule has 0 unspecified atom stereocenters. The minimum Gasteiger partial charge on any atom is -0.365 e. The second kappa shape index (κ2) is 7.24. The predicted octanol–water partition coefficient (Wildman–Crippen LogP) is 1.61. The number of carbonyl (C=O) groups is 1. The Labute approximate surface area is 121 Å². The first-order chi connectivity index (χ1) is 9.36. The van der Waals surface area contributed by atoms with Gasteiger partial charge in [0.1, 0.15) is 5.82 Å². The van der Waals surface area contributed by atoms with Crippen molar-refractivity contribution in [2.45, 2.75) is 34.1 Å². The third-order valence-electron chi connectivity index (χ3n) is 3.09. The van der Waals surface area contributed by atoms with Crippen molar-refractivity contribution >= 4 is 11.7 Å². The molecule has 5 nitrogen and oxygen atoms in total. The van der Waals surface area contributed by atoms with Gasteiger partial charge in [0.15, 0.2) is 0 Å². The number of hydrogen-bond acceptors (Lipinski definition) is 4. The van der Waals surface area contributed by atoms with E-state index >= 15 is 0 Å². The molecule has 0 aliphatic rings. The van der Waals surface area contributed by atoms with Crippen LogP contribution in [0.2, 0.25) is 0 Å². The molecule has 0 saturated heterocycles. The molecule has 0 fully saturated rings. The summed E-state index contributed by atoms with van der Waals surface area (Å²) in [5, 5.41) is 0. The maximum Gasteiger partial charge on any atom is 0.252 e. The first-order valence-corrected chi connectivity index (χ1v) is 7.09. The molecule has 20 heavy (non-hydrogen) atoms. The second-order valence-electron chi connectivity index (χ2n) is 5.63. The van der Waals surface area contributed by atoms with E-state index < -0.39 is 5.91 Å². The highest BCUT2D eigenvalue weighted by molar-refractivity contribution is 5.99. The quantitative estimate of drug-likeness (QED) is 0.793. The van der Waals surface area contributed by atoms with Crippen molar-refractivity contribution in [3.8, 4) is 0 Å². The van der Waals surface area contributed by atoms with Crippen molar-refractivity contribution in [1.29, 1.82) is 0 Å². The van der Waals surface area contributed by atoms with E-state index in [2.05, 4.69) is 23.7 Å². The molecule has 1 rings (SSSR count). The number of primary amides is 1. The standard InChI is InChI=1S/C15H26N4O/c1-10(2)9-19(7-5-6-16)15-13(14(17)20)11(3)8-12(4)18-15/h8,10H,5-7,9,16H2,1-4H3,(H2,17,20). The summed E-state index contributed by atoms with van der Waals surface area (Å²) >= 11 is 0. The maximum absolute atomic E-state index is 11.7. The van der Waals surface area contributed by atoms with Gasteiger partial charge in [0.25, 0.3) is 5.91 Å². The van der Waals surface area contributed by atoms with E-state index in [0.717, 1.165) is 30.8 Å². The van der Waals surface area contributed by atoms with Gasteiger partial charge in [0.2, 0.25) is 0 Å². The van der Waals surface area contributed by atoms with Crippen molar-refractivity contribution < 1.29 is 4.79 Å². The van der Waals surface area contributed by atoms with Crippen LogP contribution >= 0.6 is 0 Å². The van der Waals surface area contributed by atoms with E-state index in [-0.39, 0.29) is 0 Å². The number of carbonyl (C=O) groups excluding carboxylic acids is 1. The number of pyridine rings is 1. The van der Waals surface area contributed by atoms with E-state index in [9.17, 15) is 4.79 Å². The van der Waals surface area contributed by atoms with E-state index in [1.165, 1.54) is 0 Å². The number of rotatable bonds is 7. The zero-order chi connectivity index (χ0) is 15.3. The summed E-state index contributed by atoms with van der Waals surface area (Å²) < 4.78 is 0. The molecular formula is C15H26N4O. The largest absolute Gasteiger partial charge is 0.365 e. The van der Waals surface area contributed by atoms with Crippen LogP contribution in [0.15, 0.2) is 6.07 Å². The van der Waals surface area contributed by atoms with Gasteiger partial charge in [-0.1, -0.05) is 13.8 Å². The average molecular weight is 278 g/mol. The molecule has 1 heterocycles. The van der Waals surface area contributed by atoms with Crippen LogP contribution in [-0.4, -0.2) is 30.5 Å². The Hall–Kier alpha value is -1.62. The minimum absolute atomic E-state index is 0.425. The zero-order valence-electron chi connectivity index (χ0n) is 12.9. The van der Waals surface area contributed by atoms with E-state index in [4.69, 9.17) is 11.5 Å². The Morgan fingerprint density at radius 3 is 2.55 bits per heavy atom. The summed E-state index contributed by atoms with van der Waals surface area (Å²) in [4.78, 5) is 18.4. The van der Waals surface area contributed by atoms with Gasteiger partial charge in [-0.15, -0.1) is 0 Å². The lowest BCUT2D eigenvalue weighted by molar-refractivity contribution is 0.1000. The Morgan fingerprint density at radius 1 is 1.40 bits per heavy atom. The Kier molecular flexibility index (Phi) is 5.95. The van der Waals surface area contributed by atoms with Gasteiger partial charge in [0, 0.05) is 18.8 Å². The van der Waals surface area contributed by atoms with Gasteiger partial charge in [-0.3, -0.25) is 4.79 Å². The molecule has 1 aromatic heterocycles. The third-order valence-corrected chi connectivity index (χ3v) is 3.09. The van der Waals surface area contributed by atoms with Crippen molar-refractivity contribution in [1.82, 2.24) is 4.98 Å². The minimum atomic E-state index is -0.425. The van der Waals surface area contributed by atoms with Gasteiger partial charge in [-0.2, -0.15) is 0 Å². The first-order valence-electron chi connectivity index (χ1n) is 7.09. The van der Waals surface area contributed by atoms with E-state index in [1.807, 2.05) is 19.9 Å². The monoisotopic (exact) mass is 278 g/mol. The molecule has 112 valence electrons. The lowest BCUT2D eigenvalue weighted by Gasteiger charge is -2.28. The highest BCUT2D eigenvalue weighted by Crippen LogP contribution is 2.23. The summed E-state index contributed by atoms with van der Waals surface area (Å²) in [6.45, 7) is 10.3. The molecule has 1 amide bonds. The van der Waals surface area contributed by atoms with Crippen molar-refractivity contribution in [2.75, 3.05) is 24.5 Å². The first kappa shape index (κ1) is 16.4. The smallest absolute Gasteiger partial charge is 0.252 e. The molecular weight excluding hydrogens is 252 g/mol. The maximum atomic E-state index is 11.7. The van der Waals surface area contributed by atoms with Gasteiger partial charge in [0.05, 0.1) is 5.56 Å². The van der Waals surface area contributed by atoms with Crippen LogP contribution in [0.25, 0.3) is 0 Å². The lowest BCUT2D eigenvalue weighted by Crippen LogP contribution is -2.33. The third kappa shape index (κ3) is 4.20. The van der Waals surface area contributed by atoms with Crippen LogP contribution in [0.1, 0.15) is 41.9 Å². The fourth-order valence-electron chi connectivity index (χ4n) is 2.36. The number of aromatic nitrogens is 1. The number of nitrogens with zero attached hydrogens (tertiary/aromatic N) is 2. The summed E-state index contributed by atoms with van der Waals surface area (Å²) in [7, 11) is 0. The van der Waals surface area contributed by atoms with Gasteiger partial charge in [-0.05, 0) is 44.4 Å². The molecule has 0 atom stereocenters. The van der Waals surface area contributed by atoms with Crippen LogP contribution in [0, 0.1) is 19.8 Å². The fraction of sp³-hybridized carbons (Fsp3) is 0.600. The van der Waals surface area contributed by atoms with Crippen molar-refractivity contribution in [2.24, 2.45) is 17.4 Å². The summed E-state index contributed by atoms with van der Waals surface area (Å²) in [5.74, 6) is 0.736. The summed E-state index contributed by atoms with van der Waals surface area (Å²) in [5.41, 5.74) is 13.4. The normalized spacial score (nSPS) is 10.9. The molecule has 5 heteroatoms. The number of amides is 1. The van der Waals surface area contributed by atoms with Gasteiger partial charge >= 0.3 is 0 Å². The van der Waals surface area contributed by atoms with Crippen LogP contribution in [0.4, 0.5) is 5.82 Å². The molecule has 0 aromatic carbocycles. The molecule has 4 N–H and O–H groups in total. The fourth-order valence-corrected chi connectivity index (χ4v) is 2.36. The average Bonchev–Trinajstić information content (AvgIpc) is 2.32. The highest BCUT2D eigenvalue weighted by atomic mass is 16.1. The molecule has 0 aliphatic carbocycles. The van der Waals surface area contributed by atoms with E-state index in [1.54, 1.807) is 0 Å². The Balaban J connectivity index is 3.25. The van der Waals surface area contributed by atoms with E-state index in [0.29, 0.717) is 23.8 Å². The topological polar surface area (TPSA) is 85.2 Å². The van der Waals surface area contributed by atoms with Crippen molar-refractivity contribution in [3.05, 3.63) is 22.9 Å². The number of nitrogens with two attached hydrogens (primary N) is 2. The Morgan fingerprint density at radius 2 is 2.05 bits per heavy atom. The molecule has 0 spiro atoms. The molecule has 1 aromatic rings. The highest BCUT2D eigenvalue weighted by Gasteiger charge is 2.20. The molecule has 0 aliphatic heterocycles. The van der Waals surface area contributed by atoms with Crippen LogP contribution < -0.4 is 16.4 Å². The molecule has 0 bridgehead atoms. The second-order valence-corrected chi connectivity index (χ2v) is 5.63. The number of hydrogen-bond donors (Lipinski definition) is 2. The van der Waals surface area contributed by atoms with Crippen LogP contribution in [0.3, 0.4) is 0 Å². The molecule has 0 radical (unpaired) electrons. The number of aryl methyl sites for hydroxylation is 2. The van der Waals surface area contributed by atoms with Gasteiger partial charge in [-0.25, -0.2) is 4.98 Å². The SMILES string of the molecule is Cc1cc(C)c(C(N)=O)c(N(CCCN)CC(C)C)n1. The van der Waals surface area contributed by atoms with Crippen LogP contribution in [0.5, 0.6) is 0 Å². The zero-order valence-corrected chi connectivity index (χ0v) is 12.9.